The Hall–Kier alpha value is -3.78. The number of aryl methyl sites for hydroxylation is 1. The van der Waals surface area contributed by atoms with Gasteiger partial charge in [0, 0.05) is 30.5 Å². The standard InChI is InChI=1S/C28H30N4O4/c1-19-10-11-22(30-25(33)18-31-12-2-3-13-31)14-21(19)16-26-29-17-24(36-26)20-6-4-7-23(15-20)32-27(34)8-5-9-28(32)35/h4,6-7,10-11,14-15,17H,2-3,5,8-9,12-13,16,18H2,1H3,(H,30,33). The van der Waals surface area contributed by atoms with E-state index in [2.05, 4.69) is 15.2 Å². The average Bonchev–Trinajstić information content (AvgIpc) is 3.54. The molecular formula is C28H30N4O4. The van der Waals surface area contributed by atoms with Gasteiger partial charge in [0.1, 0.15) is 0 Å². The minimum atomic E-state index is -0.176. The normalized spacial score (nSPS) is 16.5. The van der Waals surface area contributed by atoms with Gasteiger partial charge in [-0.3, -0.25) is 24.2 Å². The molecule has 0 saturated carbocycles. The van der Waals surface area contributed by atoms with Crippen molar-refractivity contribution in [2.24, 2.45) is 0 Å². The largest absolute Gasteiger partial charge is 0.440 e. The second-order valence-electron chi connectivity index (χ2n) is 9.49. The van der Waals surface area contributed by atoms with Crippen molar-refractivity contribution < 1.29 is 18.8 Å². The molecule has 2 fully saturated rings. The van der Waals surface area contributed by atoms with Crippen molar-refractivity contribution >= 4 is 29.1 Å². The number of carbonyl (C=O) groups excluding carboxylic acids is 3. The maximum Gasteiger partial charge on any atom is 0.238 e. The van der Waals surface area contributed by atoms with Gasteiger partial charge in [0.05, 0.1) is 18.4 Å². The Kier molecular flexibility index (Phi) is 6.95. The van der Waals surface area contributed by atoms with Crippen molar-refractivity contribution in [3.63, 3.8) is 0 Å². The summed E-state index contributed by atoms with van der Waals surface area (Å²) in [6, 6.07) is 13.1. The van der Waals surface area contributed by atoms with Gasteiger partial charge >= 0.3 is 0 Å². The van der Waals surface area contributed by atoms with E-state index in [0.717, 1.165) is 48.3 Å². The lowest BCUT2D eigenvalue weighted by molar-refractivity contribution is -0.129. The molecule has 0 unspecified atom stereocenters. The summed E-state index contributed by atoms with van der Waals surface area (Å²) in [5.74, 6) is 0.755. The highest BCUT2D eigenvalue weighted by molar-refractivity contribution is 6.16. The molecule has 0 bridgehead atoms. The number of rotatable bonds is 7. The predicted molar refractivity (Wildman–Crippen MR) is 137 cm³/mol. The lowest BCUT2D eigenvalue weighted by atomic mass is 10.0. The van der Waals surface area contributed by atoms with Gasteiger partial charge in [-0.2, -0.15) is 0 Å². The summed E-state index contributed by atoms with van der Waals surface area (Å²) >= 11 is 0. The van der Waals surface area contributed by atoms with Crippen LogP contribution in [0.15, 0.2) is 53.1 Å². The van der Waals surface area contributed by atoms with E-state index >= 15 is 0 Å². The van der Waals surface area contributed by atoms with Crippen LogP contribution < -0.4 is 10.2 Å². The molecule has 1 aromatic heterocycles. The van der Waals surface area contributed by atoms with Crippen LogP contribution in [-0.2, 0) is 20.8 Å². The van der Waals surface area contributed by atoms with Crippen LogP contribution >= 0.6 is 0 Å². The smallest absolute Gasteiger partial charge is 0.238 e. The fraction of sp³-hybridized carbons (Fsp3) is 0.357. The van der Waals surface area contributed by atoms with Crippen molar-refractivity contribution in [1.82, 2.24) is 9.88 Å². The first kappa shape index (κ1) is 23.9. The van der Waals surface area contributed by atoms with Crippen molar-refractivity contribution in [3.8, 4) is 11.3 Å². The average molecular weight is 487 g/mol. The Bertz CT molecular complexity index is 1280. The van der Waals surface area contributed by atoms with Gasteiger partial charge in [0.15, 0.2) is 11.7 Å². The molecule has 1 N–H and O–H groups in total. The monoisotopic (exact) mass is 486 g/mol. The third kappa shape index (κ3) is 5.39. The second kappa shape index (κ2) is 10.5. The van der Waals surface area contributed by atoms with Crippen LogP contribution in [0.2, 0.25) is 0 Å². The van der Waals surface area contributed by atoms with Crippen molar-refractivity contribution in [1.29, 1.82) is 0 Å². The van der Waals surface area contributed by atoms with E-state index in [9.17, 15) is 14.4 Å². The highest BCUT2D eigenvalue weighted by atomic mass is 16.4. The molecule has 0 atom stereocenters. The van der Waals surface area contributed by atoms with Crippen LogP contribution in [0, 0.1) is 6.92 Å². The molecular weight excluding hydrogens is 456 g/mol. The van der Waals surface area contributed by atoms with E-state index in [-0.39, 0.29) is 17.7 Å². The molecule has 3 heterocycles. The molecule has 8 nitrogen and oxygen atoms in total. The summed E-state index contributed by atoms with van der Waals surface area (Å²) in [4.78, 5) is 44.9. The summed E-state index contributed by atoms with van der Waals surface area (Å²) in [5.41, 5.74) is 4.15. The van der Waals surface area contributed by atoms with Crippen LogP contribution in [0.5, 0.6) is 0 Å². The van der Waals surface area contributed by atoms with Gasteiger partial charge < -0.3 is 9.73 Å². The molecule has 36 heavy (non-hydrogen) atoms. The first-order chi connectivity index (χ1) is 17.5. The minimum Gasteiger partial charge on any atom is -0.440 e. The molecule has 0 aliphatic carbocycles. The number of hydrogen-bond donors (Lipinski definition) is 1. The fourth-order valence-electron chi connectivity index (χ4n) is 4.81. The number of nitrogens with one attached hydrogen (secondary N) is 1. The van der Waals surface area contributed by atoms with Gasteiger partial charge in [0.25, 0.3) is 0 Å². The third-order valence-corrected chi connectivity index (χ3v) is 6.76. The topological polar surface area (TPSA) is 95.8 Å². The van der Waals surface area contributed by atoms with Crippen molar-refractivity contribution in [2.45, 2.75) is 45.4 Å². The molecule has 2 saturated heterocycles. The highest BCUT2D eigenvalue weighted by Gasteiger charge is 2.27. The van der Waals surface area contributed by atoms with E-state index in [1.807, 2.05) is 31.2 Å². The van der Waals surface area contributed by atoms with Crippen LogP contribution in [0.4, 0.5) is 11.4 Å². The molecule has 3 amide bonds. The molecule has 5 rings (SSSR count). The molecule has 2 aliphatic heterocycles. The van der Waals surface area contributed by atoms with Crippen LogP contribution in [0.25, 0.3) is 11.3 Å². The maximum absolute atomic E-state index is 12.4. The number of anilines is 2. The molecule has 3 aromatic rings. The second-order valence-corrected chi connectivity index (χ2v) is 9.49. The first-order valence-electron chi connectivity index (χ1n) is 12.5. The Labute approximate surface area is 210 Å². The van der Waals surface area contributed by atoms with E-state index in [0.29, 0.717) is 49.6 Å². The third-order valence-electron chi connectivity index (χ3n) is 6.76. The zero-order chi connectivity index (χ0) is 25.1. The fourth-order valence-corrected chi connectivity index (χ4v) is 4.81. The van der Waals surface area contributed by atoms with Crippen LogP contribution in [0.3, 0.4) is 0 Å². The number of aromatic nitrogens is 1. The van der Waals surface area contributed by atoms with Crippen molar-refractivity contribution in [3.05, 3.63) is 65.7 Å². The Morgan fingerprint density at radius 2 is 1.81 bits per heavy atom. The lowest BCUT2D eigenvalue weighted by Gasteiger charge is -2.25. The number of amides is 3. The Balaban J connectivity index is 1.29. The van der Waals surface area contributed by atoms with E-state index in [4.69, 9.17) is 4.42 Å². The highest BCUT2D eigenvalue weighted by Crippen LogP contribution is 2.29. The zero-order valence-electron chi connectivity index (χ0n) is 20.5. The summed E-state index contributed by atoms with van der Waals surface area (Å²) in [5, 5.41) is 3.01. The summed E-state index contributed by atoms with van der Waals surface area (Å²) in [7, 11) is 0. The quantitative estimate of drug-likeness (QED) is 0.500. The summed E-state index contributed by atoms with van der Waals surface area (Å²) in [6.45, 7) is 4.39. The molecule has 186 valence electrons. The zero-order valence-corrected chi connectivity index (χ0v) is 20.5. The number of piperidine rings is 1. The minimum absolute atomic E-state index is 0.00402. The Morgan fingerprint density at radius 1 is 1.03 bits per heavy atom. The van der Waals surface area contributed by atoms with E-state index in [1.165, 1.54) is 4.90 Å². The number of carbonyl (C=O) groups is 3. The number of benzene rings is 2. The van der Waals surface area contributed by atoms with Gasteiger partial charge in [0.2, 0.25) is 17.7 Å². The van der Waals surface area contributed by atoms with Crippen LogP contribution in [-0.4, -0.2) is 47.2 Å². The van der Waals surface area contributed by atoms with Gasteiger partial charge in [-0.15, -0.1) is 0 Å². The van der Waals surface area contributed by atoms with Gasteiger partial charge in [-0.05, 0) is 74.7 Å². The number of oxazole rings is 1. The molecule has 2 aromatic carbocycles. The number of nitrogens with zero attached hydrogens (tertiary/aromatic N) is 3. The predicted octanol–water partition coefficient (Wildman–Crippen LogP) is 4.32. The maximum atomic E-state index is 12.4. The van der Waals surface area contributed by atoms with Crippen LogP contribution in [0.1, 0.15) is 49.1 Å². The number of hydrogen-bond acceptors (Lipinski definition) is 6. The summed E-state index contributed by atoms with van der Waals surface area (Å²) in [6.07, 6.45) is 5.79. The van der Waals surface area contributed by atoms with E-state index < -0.39 is 0 Å². The number of likely N-dealkylation sites (tertiary alicyclic amines) is 1. The first-order valence-corrected chi connectivity index (χ1v) is 12.5. The molecule has 8 heteroatoms. The SMILES string of the molecule is Cc1ccc(NC(=O)CN2CCCC2)cc1Cc1ncc(-c2cccc(N3C(=O)CCCC3=O)c2)o1. The van der Waals surface area contributed by atoms with E-state index in [1.54, 1.807) is 24.4 Å². The molecule has 0 spiro atoms. The van der Waals surface area contributed by atoms with Crippen molar-refractivity contribution in [2.75, 3.05) is 29.9 Å². The summed E-state index contributed by atoms with van der Waals surface area (Å²) < 4.78 is 6.04. The molecule has 0 radical (unpaired) electrons. The van der Waals surface area contributed by atoms with Gasteiger partial charge in [-0.1, -0.05) is 18.2 Å². The lowest BCUT2D eigenvalue weighted by Crippen LogP contribution is -2.40. The van der Waals surface area contributed by atoms with Gasteiger partial charge in [-0.25, -0.2) is 4.98 Å². The number of imide groups is 1. The Morgan fingerprint density at radius 3 is 2.58 bits per heavy atom. The molecule has 2 aliphatic rings.